The van der Waals surface area contributed by atoms with Crippen LogP contribution in [0.25, 0.3) is 11.0 Å². The van der Waals surface area contributed by atoms with Crippen LogP contribution < -0.4 is 5.32 Å². The lowest BCUT2D eigenvalue weighted by atomic mass is 10.2. The van der Waals surface area contributed by atoms with Gasteiger partial charge in [0.2, 0.25) is 0 Å². The van der Waals surface area contributed by atoms with Crippen LogP contribution in [0.5, 0.6) is 0 Å². The Bertz CT molecular complexity index is 771. The van der Waals surface area contributed by atoms with Gasteiger partial charge in [-0.25, -0.2) is 9.78 Å². The summed E-state index contributed by atoms with van der Waals surface area (Å²) >= 11 is 0. The highest BCUT2D eigenvalue weighted by Gasteiger charge is 2.32. The number of hydrogen-bond donors (Lipinski definition) is 2. The van der Waals surface area contributed by atoms with Gasteiger partial charge in [0, 0.05) is 13.1 Å². The summed E-state index contributed by atoms with van der Waals surface area (Å²) in [4.78, 5) is 33.6. The van der Waals surface area contributed by atoms with Crippen LogP contribution in [-0.4, -0.2) is 46.6 Å². The van der Waals surface area contributed by atoms with Crippen molar-refractivity contribution in [2.24, 2.45) is 0 Å². The molecule has 7 heteroatoms. The molecule has 0 saturated carbocycles. The zero-order valence-electron chi connectivity index (χ0n) is 14.7. The average Bonchev–Trinajstić information content (AvgIpc) is 3.20. The number of carbonyl (C=O) groups excluding carboxylic acids is 2. The van der Waals surface area contributed by atoms with Crippen molar-refractivity contribution >= 4 is 23.0 Å². The quantitative estimate of drug-likeness (QED) is 0.816. The van der Waals surface area contributed by atoms with Gasteiger partial charge in [-0.15, -0.1) is 0 Å². The highest BCUT2D eigenvalue weighted by atomic mass is 16.5. The Kier molecular flexibility index (Phi) is 5.21. The molecule has 134 valence electrons. The largest absolute Gasteiger partial charge is 0.466 e. The van der Waals surface area contributed by atoms with Crippen LogP contribution in [0.3, 0.4) is 0 Å². The highest BCUT2D eigenvalue weighted by Crippen LogP contribution is 2.31. The van der Waals surface area contributed by atoms with E-state index in [0.29, 0.717) is 13.2 Å². The Morgan fingerprint density at radius 3 is 3.08 bits per heavy atom. The maximum atomic E-state index is 12.5. The van der Waals surface area contributed by atoms with Gasteiger partial charge in [0.05, 0.1) is 30.1 Å². The van der Waals surface area contributed by atoms with E-state index in [4.69, 9.17) is 4.74 Å². The maximum absolute atomic E-state index is 12.5. The lowest BCUT2D eigenvalue weighted by Crippen LogP contribution is -2.40. The van der Waals surface area contributed by atoms with Gasteiger partial charge in [0.25, 0.3) is 0 Å². The second-order valence-corrected chi connectivity index (χ2v) is 6.28. The molecule has 0 bridgehead atoms. The summed E-state index contributed by atoms with van der Waals surface area (Å²) in [5.41, 5.74) is 3.07. The minimum atomic E-state index is -0.298. The van der Waals surface area contributed by atoms with Crippen molar-refractivity contribution in [1.82, 2.24) is 20.2 Å². The minimum Gasteiger partial charge on any atom is -0.466 e. The minimum absolute atomic E-state index is 0.0599. The first-order valence-electron chi connectivity index (χ1n) is 8.75. The molecule has 1 fully saturated rings. The molecule has 0 aliphatic carbocycles. The number of likely N-dealkylation sites (tertiary alicyclic amines) is 1. The van der Waals surface area contributed by atoms with Crippen LogP contribution in [0.2, 0.25) is 0 Å². The van der Waals surface area contributed by atoms with Gasteiger partial charge in [-0.3, -0.25) is 4.79 Å². The second kappa shape index (κ2) is 7.55. The highest BCUT2D eigenvalue weighted by molar-refractivity contribution is 5.78. The number of hydrogen-bond acceptors (Lipinski definition) is 4. The number of ether oxygens (including phenoxy) is 1. The SMILES string of the molecule is CCOC(=O)CCNC(=O)N1CCC[C@H]1c1nc2ccc(C)cc2[nH]1. The molecule has 1 atom stereocenters. The van der Waals surface area contributed by atoms with Crippen molar-refractivity contribution in [3.8, 4) is 0 Å². The molecule has 2 amide bonds. The lowest BCUT2D eigenvalue weighted by Gasteiger charge is -2.23. The van der Waals surface area contributed by atoms with Crippen LogP contribution in [0, 0.1) is 6.92 Å². The number of esters is 1. The van der Waals surface area contributed by atoms with Gasteiger partial charge in [0.15, 0.2) is 0 Å². The number of nitrogens with one attached hydrogen (secondary N) is 2. The molecule has 3 rings (SSSR count). The van der Waals surface area contributed by atoms with Crippen molar-refractivity contribution in [3.63, 3.8) is 0 Å². The van der Waals surface area contributed by atoms with Crippen LogP contribution >= 0.6 is 0 Å². The summed E-state index contributed by atoms with van der Waals surface area (Å²) in [6.07, 6.45) is 2.00. The normalized spacial score (nSPS) is 17.0. The van der Waals surface area contributed by atoms with Gasteiger partial charge in [-0.2, -0.15) is 0 Å². The fourth-order valence-corrected chi connectivity index (χ4v) is 3.20. The Hall–Kier alpha value is -2.57. The van der Waals surface area contributed by atoms with E-state index in [1.807, 2.05) is 19.1 Å². The molecule has 0 unspecified atom stereocenters. The van der Waals surface area contributed by atoms with E-state index in [2.05, 4.69) is 21.4 Å². The molecule has 1 saturated heterocycles. The third kappa shape index (κ3) is 3.92. The molecule has 1 aliphatic heterocycles. The first kappa shape index (κ1) is 17.3. The van der Waals surface area contributed by atoms with E-state index in [1.165, 1.54) is 5.56 Å². The van der Waals surface area contributed by atoms with Crippen molar-refractivity contribution < 1.29 is 14.3 Å². The molecule has 2 aromatic rings. The number of H-pyrrole nitrogens is 1. The molecule has 0 radical (unpaired) electrons. The lowest BCUT2D eigenvalue weighted by molar-refractivity contribution is -0.142. The molecule has 1 aromatic heterocycles. The number of urea groups is 1. The van der Waals surface area contributed by atoms with Crippen LogP contribution in [-0.2, 0) is 9.53 Å². The van der Waals surface area contributed by atoms with Crippen LogP contribution in [0.4, 0.5) is 4.79 Å². The Morgan fingerprint density at radius 1 is 1.44 bits per heavy atom. The van der Waals surface area contributed by atoms with Gasteiger partial charge in [-0.05, 0) is 44.4 Å². The summed E-state index contributed by atoms with van der Waals surface area (Å²) in [5.74, 6) is 0.520. The van der Waals surface area contributed by atoms with E-state index >= 15 is 0 Å². The van der Waals surface area contributed by atoms with E-state index in [0.717, 1.165) is 29.7 Å². The Morgan fingerprint density at radius 2 is 2.28 bits per heavy atom. The molecule has 0 spiro atoms. The van der Waals surface area contributed by atoms with Crippen LogP contribution in [0.1, 0.15) is 43.6 Å². The van der Waals surface area contributed by atoms with Gasteiger partial charge < -0.3 is 19.9 Å². The number of aromatic nitrogens is 2. The van der Waals surface area contributed by atoms with E-state index < -0.39 is 0 Å². The summed E-state index contributed by atoms with van der Waals surface area (Å²) in [6, 6.07) is 5.86. The number of nitrogens with zero attached hydrogens (tertiary/aromatic N) is 2. The molecule has 1 aromatic carbocycles. The zero-order valence-corrected chi connectivity index (χ0v) is 14.7. The number of carbonyl (C=O) groups is 2. The van der Waals surface area contributed by atoms with Crippen molar-refractivity contribution in [2.45, 2.75) is 39.2 Å². The predicted molar refractivity (Wildman–Crippen MR) is 94.2 cm³/mol. The number of benzene rings is 1. The van der Waals surface area contributed by atoms with E-state index in [-0.39, 0.29) is 31.0 Å². The van der Waals surface area contributed by atoms with E-state index in [1.54, 1.807) is 11.8 Å². The maximum Gasteiger partial charge on any atom is 0.318 e. The first-order valence-corrected chi connectivity index (χ1v) is 8.75. The predicted octanol–water partition coefficient (Wildman–Crippen LogP) is 2.67. The summed E-state index contributed by atoms with van der Waals surface area (Å²) in [5, 5.41) is 2.80. The topological polar surface area (TPSA) is 87.3 Å². The fourth-order valence-electron chi connectivity index (χ4n) is 3.20. The third-order valence-corrected chi connectivity index (χ3v) is 4.40. The number of aryl methyl sites for hydroxylation is 1. The number of fused-ring (bicyclic) bond motifs is 1. The van der Waals surface area contributed by atoms with Gasteiger partial charge in [-0.1, -0.05) is 6.07 Å². The molecular weight excluding hydrogens is 320 g/mol. The van der Waals surface area contributed by atoms with Crippen molar-refractivity contribution in [2.75, 3.05) is 19.7 Å². The van der Waals surface area contributed by atoms with Crippen molar-refractivity contribution in [1.29, 1.82) is 0 Å². The summed E-state index contributed by atoms with van der Waals surface area (Å²) < 4.78 is 4.86. The molecule has 2 N–H and O–H groups in total. The number of rotatable bonds is 5. The van der Waals surface area contributed by atoms with E-state index in [9.17, 15) is 9.59 Å². The number of imidazole rings is 1. The standard InChI is InChI=1S/C18H24N4O3/c1-3-25-16(23)8-9-19-18(24)22-10-4-5-15(22)17-20-13-7-6-12(2)11-14(13)21-17/h6-7,11,15H,3-5,8-10H2,1-2H3,(H,19,24)(H,20,21)/t15-/m0/s1. The first-order chi connectivity index (χ1) is 12.1. The third-order valence-electron chi connectivity index (χ3n) is 4.40. The Labute approximate surface area is 146 Å². The second-order valence-electron chi connectivity index (χ2n) is 6.28. The molecular formula is C18H24N4O3. The Balaban J connectivity index is 1.64. The molecule has 1 aliphatic rings. The van der Waals surface area contributed by atoms with Gasteiger partial charge >= 0.3 is 12.0 Å². The zero-order chi connectivity index (χ0) is 17.8. The summed E-state index contributed by atoms with van der Waals surface area (Å²) in [7, 11) is 0. The monoisotopic (exact) mass is 344 g/mol. The average molecular weight is 344 g/mol. The molecule has 2 heterocycles. The smallest absolute Gasteiger partial charge is 0.318 e. The molecule has 25 heavy (non-hydrogen) atoms. The van der Waals surface area contributed by atoms with Crippen LogP contribution in [0.15, 0.2) is 18.2 Å². The fraction of sp³-hybridized carbons (Fsp3) is 0.500. The van der Waals surface area contributed by atoms with Gasteiger partial charge in [0.1, 0.15) is 5.82 Å². The molecule has 7 nitrogen and oxygen atoms in total. The number of aromatic amines is 1. The van der Waals surface area contributed by atoms with Crippen molar-refractivity contribution in [3.05, 3.63) is 29.6 Å². The summed E-state index contributed by atoms with van der Waals surface area (Å²) in [6.45, 7) is 5.12. The number of amides is 2.